The molecule has 0 saturated carbocycles. The summed E-state index contributed by atoms with van der Waals surface area (Å²) in [5.74, 6) is -0.551. The fourth-order valence-electron chi connectivity index (χ4n) is 1.61. The molecule has 100 valence electrons. The zero-order chi connectivity index (χ0) is 13.8. The molecule has 19 heavy (non-hydrogen) atoms. The van der Waals surface area contributed by atoms with Gasteiger partial charge in [-0.3, -0.25) is 9.59 Å². The quantitative estimate of drug-likeness (QED) is 0.826. The van der Waals surface area contributed by atoms with E-state index in [1.807, 2.05) is 30.5 Å². The second-order valence-electron chi connectivity index (χ2n) is 3.88. The van der Waals surface area contributed by atoms with Crippen LogP contribution in [0.4, 0.5) is 5.69 Å². The first kappa shape index (κ1) is 14.0. The molecule has 5 nitrogen and oxygen atoms in total. The Morgan fingerprint density at radius 2 is 2.37 bits per heavy atom. The van der Waals surface area contributed by atoms with Gasteiger partial charge >= 0.3 is 0 Å². The predicted molar refractivity (Wildman–Crippen MR) is 79.5 cm³/mol. The maximum Gasteiger partial charge on any atom is 0.262 e. The first-order chi connectivity index (χ1) is 9.08. The van der Waals surface area contributed by atoms with Gasteiger partial charge in [-0.05, 0) is 24.5 Å². The third kappa shape index (κ3) is 3.74. The molecule has 0 saturated heterocycles. The molecule has 1 aliphatic heterocycles. The van der Waals surface area contributed by atoms with Crippen molar-refractivity contribution >= 4 is 46.2 Å². The van der Waals surface area contributed by atoms with Crippen LogP contribution in [0.3, 0.4) is 0 Å². The molecule has 3 N–H and O–H groups in total. The largest absolute Gasteiger partial charge is 0.378 e. The first-order valence-corrected chi connectivity index (χ1v) is 7.67. The molecule has 1 aliphatic rings. The van der Waals surface area contributed by atoms with Gasteiger partial charge in [0.2, 0.25) is 5.91 Å². The van der Waals surface area contributed by atoms with Crippen molar-refractivity contribution in [2.45, 2.75) is 16.6 Å². The number of carbonyl (C=O) groups is 2. The van der Waals surface area contributed by atoms with Crippen LogP contribution in [0.15, 0.2) is 34.2 Å². The van der Waals surface area contributed by atoms with E-state index in [9.17, 15) is 9.59 Å². The van der Waals surface area contributed by atoms with Crippen LogP contribution >= 0.6 is 23.5 Å². The highest BCUT2D eigenvalue weighted by atomic mass is 32.2. The molecule has 2 amide bonds. The summed E-state index contributed by atoms with van der Waals surface area (Å²) in [5.41, 5.74) is 6.16. The van der Waals surface area contributed by atoms with Gasteiger partial charge in [0.25, 0.3) is 5.91 Å². The van der Waals surface area contributed by atoms with Gasteiger partial charge in [0, 0.05) is 17.0 Å². The molecule has 0 fully saturated rings. The van der Waals surface area contributed by atoms with E-state index in [0.717, 1.165) is 22.3 Å². The zero-order valence-electron chi connectivity index (χ0n) is 10.3. The normalized spacial score (nSPS) is 18.3. The number of hydrogen-bond acceptors (Lipinski definition) is 5. The van der Waals surface area contributed by atoms with E-state index in [0.29, 0.717) is 0 Å². The molecular weight excluding hydrogens is 282 g/mol. The molecular formula is C12H13N3O2S2. The molecule has 0 unspecified atom stereocenters. The second kappa shape index (κ2) is 6.12. The van der Waals surface area contributed by atoms with Gasteiger partial charge in [-0.15, -0.1) is 11.8 Å². The Kier molecular flexibility index (Phi) is 4.49. The maximum atomic E-state index is 11.8. The average molecular weight is 295 g/mol. The number of carbonyl (C=O) groups excluding carboxylic acids is 2. The number of hydrogen-bond donors (Lipinski definition) is 2. The Morgan fingerprint density at radius 3 is 3.00 bits per heavy atom. The summed E-state index contributed by atoms with van der Waals surface area (Å²) in [5, 5.41) is 2.50. The van der Waals surface area contributed by atoms with Gasteiger partial charge in [-0.1, -0.05) is 17.8 Å². The number of nitrogens with two attached hydrogens (primary N) is 1. The Labute approximate surface area is 119 Å². The van der Waals surface area contributed by atoms with Crippen molar-refractivity contribution in [3.8, 4) is 0 Å². The molecule has 0 radical (unpaired) electrons. The monoisotopic (exact) mass is 295 g/mol. The van der Waals surface area contributed by atoms with Crippen LogP contribution < -0.4 is 11.1 Å². The number of rotatable bonds is 4. The van der Waals surface area contributed by atoms with Gasteiger partial charge in [-0.25, -0.2) is 0 Å². The number of anilines is 1. The summed E-state index contributed by atoms with van der Waals surface area (Å²) in [6, 6.07) is 7.53. The highest BCUT2D eigenvalue weighted by Crippen LogP contribution is 2.24. The van der Waals surface area contributed by atoms with Crippen LogP contribution in [0.25, 0.3) is 0 Å². The van der Waals surface area contributed by atoms with Crippen LogP contribution in [-0.4, -0.2) is 28.5 Å². The standard InChI is InChI=1S/C12H13N3O2S2/c1-18-8-4-2-3-7(5-8)14-10(16)6-9-11(17)15-12(13)19-9/h2-5,9H,6H2,1H3,(H,14,16)(H2,13,15,17)/t9-/m0/s1. The number of aliphatic imine (C=N–C) groups is 1. The van der Waals surface area contributed by atoms with Gasteiger partial charge in [0.15, 0.2) is 5.17 Å². The van der Waals surface area contributed by atoms with Crippen molar-refractivity contribution in [3.05, 3.63) is 24.3 Å². The summed E-state index contributed by atoms with van der Waals surface area (Å²) in [4.78, 5) is 27.9. The van der Waals surface area contributed by atoms with Crippen LogP contribution in [0, 0.1) is 0 Å². The second-order valence-corrected chi connectivity index (χ2v) is 5.98. The van der Waals surface area contributed by atoms with Crippen molar-refractivity contribution in [3.63, 3.8) is 0 Å². The minimum absolute atomic E-state index is 0.0806. The van der Waals surface area contributed by atoms with Crippen LogP contribution in [0.2, 0.25) is 0 Å². The van der Waals surface area contributed by atoms with Crippen molar-refractivity contribution in [2.24, 2.45) is 10.7 Å². The van der Waals surface area contributed by atoms with Crippen LogP contribution in [0.5, 0.6) is 0 Å². The van der Waals surface area contributed by atoms with E-state index in [-0.39, 0.29) is 23.4 Å². The number of nitrogens with zero attached hydrogens (tertiary/aromatic N) is 1. The molecule has 1 aromatic carbocycles. The molecule has 0 aliphatic carbocycles. The number of amidine groups is 1. The van der Waals surface area contributed by atoms with E-state index >= 15 is 0 Å². The summed E-state index contributed by atoms with van der Waals surface area (Å²) >= 11 is 2.73. The van der Waals surface area contributed by atoms with Crippen molar-refractivity contribution in [2.75, 3.05) is 11.6 Å². The van der Waals surface area contributed by atoms with Crippen molar-refractivity contribution in [1.82, 2.24) is 0 Å². The lowest BCUT2D eigenvalue weighted by Gasteiger charge is -2.08. The zero-order valence-corrected chi connectivity index (χ0v) is 11.9. The van der Waals surface area contributed by atoms with Crippen molar-refractivity contribution < 1.29 is 9.59 Å². The van der Waals surface area contributed by atoms with Gasteiger partial charge in [-0.2, -0.15) is 4.99 Å². The topological polar surface area (TPSA) is 84.6 Å². The summed E-state index contributed by atoms with van der Waals surface area (Å²) in [7, 11) is 0. The molecule has 2 rings (SSSR count). The lowest BCUT2D eigenvalue weighted by molar-refractivity contribution is -0.121. The number of amides is 2. The van der Waals surface area contributed by atoms with Gasteiger partial charge in [0.05, 0.1) is 0 Å². The molecule has 7 heteroatoms. The highest BCUT2D eigenvalue weighted by molar-refractivity contribution is 8.15. The maximum absolute atomic E-state index is 11.8. The molecule has 1 atom stereocenters. The van der Waals surface area contributed by atoms with Crippen LogP contribution in [-0.2, 0) is 9.59 Å². The molecule has 0 bridgehead atoms. The smallest absolute Gasteiger partial charge is 0.262 e. The SMILES string of the molecule is CSc1cccc(NC(=O)C[C@@H]2SC(N)=NC2=O)c1. The predicted octanol–water partition coefficient (Wildman–Crippen LogP) is 1.69. The number of thioether (sulfide) groups is 2. The minimum atomic E-state index is -0.497. The third-order valence-corrected chi connectivity index (χ3v) is 4.19. The third-order valence-electron chi connectivity index (χ3n) is 2.48. The summed E-state index contributed by atoms with van der Waals surface area (Å²) in [6.07, 6.45) is 2.05. The number of nitrogens with one attached hydrogen (secondary N) is 1. The fraction of sp³-hybridized carbons (Fsp3) is 0.250. The molecule has 0 aromatic heterocycles. The first-order valence-electron chi connectivity index (χ1n) is 5.57. The van der Waals surface area contributed by atoms with E-state index in [1.165, 1.54) is 0 Å². The average Bonchev–Trinajstić information content (AvgIpc) is 2.68. The number of benzene rings is 1. The molecule has 1 aromatic rings. The van der Waals surface area contributed by atoms with E-state index in [4.69, 9.17) is 5.73 Å². The fourth-order valence-corrected chi connectivity index (χ4v) is 2.90. The molecule has 0 spiro atoms. The lowest BCUT2D eigenvalue weighted by Crippen LogP contribution is -2.21. The Bertz CT molecular complexity index is 546. The summed E-state index contributed by atoms with van der Waals surface area (Å²) in [6.45, 7) is 0. The Morgan fingerprint density at radius 1 is 1.58 bits per heavy atom. The van der Waals surface area contributed by atoms with E-state index in [1.54, 1.807) is 11.8 Å². The van der Waals surface area contributed by atoms with E-state index in [2.05, 4.69) is 10.3 Å². The van der Waals surface area contributed by atoms with Crippen molar-refractivity contribution in [1.29, 1.82) is 0 Å². The lowest BCUT2D eigenvalue weighted by atomic mass is 10.2. The van der Waals surface area contributed by atoms with E-state index < -0.39 is 5.25 Å². The molecule has 1 heterocycles. The summed E-state index contributed by atoms with van der Waals surface area (Å²) < 4.78 is 0. The highest BCUT2D eigenvalue weighted by Gasteiger charge is 2.29. The minimum Gasteiger partial charge on any atom is -0.378 e. The Hall–Kier alpha value is -1.47. The van der Waals surface area contributed by atoms with Crippen LogP contribution in [0.1, 0.15) is 6.42 Å². The van der Waals surface area contributed by atoms with Gasteiger partial charge < -0.3 is 11.1 Å². The van der Waals surface area contributed by atoms with Gasteiger partial charge in [0.1, 0.15) is 5.25 Å². The Balaban J connectivity index is 1.93.